The van der Waals surface area contributed by atoms with E-state index < -0.39 is 5.60 Å². The van der Waals surface area contributed by atoms with Crippen LogP contribution in [0.25, 0.3) is 0 Å². The molecule has 2 N–H and O–H groups in total. The maximum Gasteiger partial charge on any atom is 0.269 e. The third kappa shape index (κ3) is 3.51. The van der Waals surface area contributed by atoms with Crippen LogP contribution in [0.1, 0.15) is 35.6 Å². The Labute approximate surface area is 128 Å². The summed E-state index contributed by atoms with van der Waals surface area (Å²) in [5.41, 5.74) is 0.469. The van der Waals surface area contributed by atoms with Crippen LogP contribution in [0.5, 0.6) is 0 Å². The minimum Gasteiger partial charge on any atom is -0.384 e. The third-order valence-electron chi connectivity index (χ3n) is 3.49. The summed E-state index contributed by atoms with van der Waals surface area (Å²) in [5.74, 6) is -0.671. The van der Waals surface area contributed by atoms with Crippen molar-refractivity contribution in [1.82, 2.24) is 15.1 Å². The molecule has 1 amide bonds. The van der Waals surface area contributed by atoms with Crippen LogP contribution in [0.15, 0.2) is 30.3 Å². The van der Waals surface area contributed by atoms with Crippen molar-refractivity contribution in [3.05, 3.63) is 53.1 Å². The van der Waals surface area contributed by atoms with Crippen LogP contribution in [0, 0.1) is 12.7 Å². The van der Waals surface area contributed by atoms with Crippen molar-refractivity contribution in [2.75, 3.05) is 6.54 Å². The van der Waals surface area contributed by atoms with Crippen LogP contribution in [-0.4, -0.2) is 27.3 Å². The molecule has 0 spiro atoms. The molecule has 0 fully saturated rings. The van der Waals surface area contributed by atoms with Crippen molar-refractivity contribution in [2.45, 2.75) is 32.9 Å². The number of amides is 1. The zero-order valence-corrected chi connectivity index (χ0v) is 12.9. The Balaban J connectivity index is 2.07. The van der Waals surface area contributed by atoms with Gasteiger partial charge < -0.3 is 10.4 Å². The zero-order valence-electron chi connectivity index (χ0n) is 12.9. The Bertz CT molecular complexity index is 663. The summed E-state index contributed by atoms with van der Waals surface area (Å²) >= 11 is 0. The first-order chi connectivity index (χ1) is 10.3. The highest BCUT2D eigenvalue weighted by Gasteiger charge is 2.25. The number of aromatic nitrogens is 2. The highest BCUT2D eigenvalue weighted by molar-refractivity contribution is 5.92. The SMILES string of the molecule is CCn1nc(C)cc1C(=O)NCC(C)(O)c1ccc(F)cc1. The smallest absolute Gasteiger partial charge is 0.269 e. The maximum atomic E-state index is 12.9. The number of nitrogens with one attached hydrogen (secondary N) is 1. The van der Waals surface area contributed by atoms with E-state index in [1.807, 2.05) is 13.8 Å². The van der Waals surface area contributed by atoms with Crippen molar-refractivity contribution in [3.8, 4) is 0 Å². The molecule has 118 valence electrons. The molecule has 1 aromatic carbocycles. The lowest BCUT2D eigenvalue weighted by Gasteiger charge is -2.24. The molecule has 1 aromatic heterocycles. The van der Waals surface area contributed by atoms with E-state index in [1.54, 1.807) is 17.7 Å². The number of aryl methyl sites for hydroxylation is 2. The van der Waals surface area contributed by atoms with Gasteiger partial charge in [-0.05, 0) is 44.5 Å². The van der Waals surface area contributed by atoms with Gasteiger partial charge in [0.25, 0.3) is 5.91 Å². The van der Waals surface area contributed by atoms with Gasteiger partial charge in [0.05, 0.1) is 12.2 Å². The second kappa shape index (κ2) is 6.27. The fourth-order valence-corrected chi connectivity index (χ4v) is 2.22. The van der Waals surface area contributed by atoms with Crippen LogP contribution in [0.3, 0.4) is 0 Å². The Morgan fingerprint density at radius 2 is 2.05 bits per heavy atom. The summed E-state index contributed by atoms with van der Waals surface area (Å²) in [6.45, 7) is 5.90. The van der Waals surface area contributed by atoms with Crippen molar-refractivity contribution < 1.29 is 14.3 Å². The second-order valence-electron chi connectivity index (χ2n) is 5.45. The van der Waals surface area contributed by atoms with Crippen molar-refractivity contribution in [2.24, 2.45) is 0 Å². The van der Waals surface area contributed by atoms with Gasteiger partial charge in [-0.1, -0.05) is 12.1 Å². The molecule has 1 atom stereocenters. The van der Waals surface area contributed by atoms with Crippen molar-refractivity contribution in [3.63, 3.8) is 0 Å². The fourth-order valence-electron chi connectivity index (χ4n) is 2.22. The largest absolute Gasteiger partial charge is 0.384 e. The van der Waals surface area contributed by atoms with Crippen LogP contribution in [-0.2, 0) is 12.1 Å². The minimum absolute atomic E-state index is 0.0193. The number of hydrogen-bond acceptors (Lipinski definition) is 3. The lowest BCUT2D eigenvalue weighted by Crippen LogP contribution is -2.39. The molecule has 6 heteroatoms. The van der Waals surface area contributed by atoms with E-state index >= 15 is 0 Å². The van der Waals surface area contributed by atoms with E-state index in [4.69, 9.17) is 0 Å². The van der Waals surface area contributed by atoms with Gasteiger partial charge in [-0.25, -0.2) is 4.39 Å². The van der Waals surface area contributed by atoms with Gasteiger partial charge in [0.2, 0.25) is 0 Å². The van der Waals surface area contributed by atoms with Crippen LogP contribution in [0.2, 0.25) is 0 Å². The molecular weight excluding hydrogens is 285 g/mol. The monoisotopic (exact) mass is 305 g/mol. The molecule has 2 rings (SSSR count). The number of carbonyl (C=O) groups is 1. The molecule has 1 heterocycles. The van der Waals surface area contributed by atoms with Crippen LogP contribution < -0.4 is 5.32 Å². The molecule has 0 bridgehead atoms. The van der Waals surface area contributed by atoms with Crippen molar-refractivity contribution >= 4 is 5.91 Å². The van der Waals surface area contributed by atoms with E-state index in [9.17, 15) is 14.3 Å². The van der Waals surface area contributed by atoms with E-state index in [0.717, 1.165) is 5.69 Å². The number of hydrogen-bond donors (Lipinski definition) is 2. The fraction of sp³-hybridized carbons (Fsp3) is 0.375. The van der Waals surface area contributed by atoms with E-state index in [0.29, 0.717) is 17.8 Å². The summed E-state index contributed by atoms with van der Waals surface area (Å²) in [6, 6.07) is 7.26. The molecule has 0 aliphatic carbocycles. The number of aliphatic hydroxyl groups is 1. The maximum absolute atomic E-state index is 12.9. The van der Waals surface area contributed by atoms with Gasteiger partial charge in [-0.2, -0.15) is 5.10 Å². The Hall–Kier alpha value is -2.21. The first kappa shape index (κ1) is 16.2. The molecule has 0 saturated carbocycles. The molecule has 0 aliphatic rings. The number of benzene rings is 1. The third-order valence-corrected chi connectivity index (χ3v) is 3.49. The van der Waals surface area contributed by atoms with Crippen LogP contribution >= 0.6 is 0 Å². The first-order valence-corrected chi connectivity index (χ1v) is 7.14. The number of halogens is 1. The second-order valence-corrected chi connectivity index (χ2v) is 5.45. The quantitative estimate of drug-likeness (QED) is 0.887. The summed E-state index contributed by atoms with van der Waals surface area (Å²) in [5, 5.41) is 17.4. The Morgan fingerprint density at radius 3 is 2.64 bits per heavy atom. The number of carbonyl (C=O) groups excluding carboxylic acids is 1. The summed E-state index contributed by atoms with van der Waals surface area (Å²) in [6.07, 6.45) is 0. The number of rotatable bonds is 5. The molecule has 5 nitrogen and oxygen atoms in total. The van der Waals surface area contributed by atoms with E-state index in [1.165, 1.54) is 24.3 Å². The molecule has 22 heavy (non-hydrogen) atoms. The molecule has 1 unspecified atom stereocenters. The normalized spacial score (nSPS) is 13.7. The highest BCUT2D eigenvalue weighted by Crippen LogP contribution is 2.20. The predicted molar refractivity (Wildman–Crippen MR) is 80.9 cm³/mol. The summed E-state index contributed by atoms with van der Waals surface area (Å²) in [7, 11) is 0. The molecule has 0 radical (unpaired) electrons. The van der Waals surface area contributed by atoms with Gasteiger partial charge in [0, 0.05) is 6.54 Å². The Kier molecular flexibility index (Phi) is 4.61. The van der Waals surface area contributed by atoms with Crippen molar-refractivity contribution in [1.29, 1.82) is 0 Å². The number of nitrogens with zero attached hydrogens (tertiary/aromatic N) is 2. The lowest BCUT2D eigenvalue weighted by molar-refractivity contribution is 0.0523. The van der Waals surface area contributed by atoms with E-state index in [2.05, 4.69) is 10.4 Å². The summed E-state index contributed by atoms with van der Waals surface area (Å²) < 4.78 is 14.5. The van der Waals surface area contributed by atoms with Crippen LogP contribution in [0.4, 0.5) is 4.39 Å². The van der Waals surface area contributed by atoms with Gasteiger partial charge in [-0.3, -0.25) is 9.48 Å². The molecule has 0 saturated heterocycles. The molecule has 0 aliphatic heterocycles. The standard InChI is InChI=1S/C16H20FN3O2/c1-4-20-14(9-11(2)19-20)15(21)18-10-16(3,22)12-5-7-13(17)8-6-12/h5-9,22H,4,10H2,1-3H3,(H,18,21). The topological polar surface area (TPSA) is 67.2 Å². The molecule has 2 aromatic rings. The molecular formula is C16H20FN3O2. The van der Waals surface area contributed by atoms with Gasteiger partial charge in [0.1, 0.15) is 17.1 Å². The Morgan fingerprint density at radius 1 is 1.41 bits per heavy atom. The predicted octanol–water partition coefficient (Wildman–Crippen LogP) is 1.99. The average molecular weight is 305 g/mol. The average Bonchev–Trinajstić information content (AvgIpc) is 2.86. The highest BCUT2D eigenvalue weighted by atomic mass is 19.1. The van der Waals surface area contributed by atoms with Gasteiger partial charge in [-0.15, -0.1) is 0 Å². The van der Waals surface area contributed by atoms with E-state index in [-0.39, 0.29) is 18.3 Å². The van der Waals surface area contributed by atoms with Gasteiger partial charge >= 0.3 is 0 Å². The lowest BCUT2D eigenvalue weighted by atomic mass is 9.96. The zero-order chi connectivity index (χ0) is 16.3. The minimum atomic E-state index is -1.28. The van der Waals surface area contributed by atoms with Gasteiger partial charge in [0.15, 0.2) is 0 Å². The summed E-state index contributed by atoms with van der Waals surface area (Å²) in [4.78, 5) is 12.2. The first-order valence-electron chi connectivity index (χ1n) is 7.14.